The van der Waals surface area contributed by atoms with E-state index in [0.29, 0.717) is 0 Å². The highest BCUT2D eigenvalue weighted by Gasteiger charge is 2.51. The van der Waals surface area contributed by atoms with E-state index in [-0.39, 0.29) is 0 Å². The highest BCUT2D eigenvalue weighted by atomic mass is 14.5. The molecule has 2 bridgehead atoms. The number of hydrogen-bond donors (Lipinski definition) is 0. The summed E-state index contributed by atoms with van der Waals surface area (Å²) in [4.78, 5) is 0. The molecule has 0 saturated heterocycles. The minimum atomic E-state index is 0.840. The molecule has 16 heavy (non-hydrogen) atoms. The van der Waals surface area contributed by atoms with Crippen LogP contribution in [0, 0.1) is 17.8 Å². The zero-order valence-electron chi connectivity index (χ0n) is 9.82. The van der Waals surface area contributed by atoms with Gasteiger partial charge in [-0.1, -0.05) is 48.4 Å². The maximum absolute atomic E-state index is 2.42. The fourth-order valence-electron chi connectivity index (χ4n) is 4.48. The Labute approximate surface area is 97.4 Å². The Morgan fingerprint density at radius 1 is 1.00 bits per heavy atom. The Kier molecular flexibility index (Phi) is 1.69. The van der Waals surface area contributed by atoms with Crippen LogP contribution < -0.4 is 0 Å². The number of benzene rings is 1. The van der Waals surface area contributed by atoms with Gasteiger partial charge in [0, 0.05) is 0 Å². The summed E-state index contributed by atoms with van der Waals surface area (Å²) in [7, 11) is 0. The van der Waals surface area contributed by atoms with Crippen LogP contribution in [0.3, 0.4) is 0 Å². The summed E-state index contributed by atoms with van der Waals surface area (Å²) < 4.78 is 0. The Bertz CT molecular complexity index is 454. The van der Waals surface area contributed by atoms with Gasteiger partial charge < -0.3 is 0 Å². The van der Waals surface area contributed by atoms with Crippen molar-refractivity contribution in [1.82, 2.24) is 0 Å². The van der Waals surface area contributed by atoms with Gasteiger partial charge in [0.15, 0.2) is 0 Å². The number of allylic oxidation sites excluding steroid dienone is 2. The predicted octanol–water partition coefficient (Wildman–Crippen LogP) is 4.15. The molecule has 1 aromatic carbocycles. The van der Waals surface area contributed by atoms with Crippen molar-refractivity contribution in [3.05, 3.63) is 47.0 Å². The summed E-state index contributed by atoms with van der Waals surface area (Å²) in [6.07, 6.45) is 4.31. The monoisotopic (exact) mass is 210 g/mol. The molecule has 1 fully saturated rings. The molecule has 4 rings (SSSR count). The molecule has 1 aromatic rings. The Balaban J connectivity index is 1.71. The van der Waals surface area contributed by atoms with E-state index in [2.05, 4.69) is 37.3 Å². The van der Waals surface area contributed by atoms with E-state index in [4.69, 9.17) is 0 Å². The van der Waals surface area contributed by atoms with Crippen LogP contribution in [0.2, 0.25) is 0 Å². The molecule has 0 spiro atoms. The summed E-state index contributed by atoms with van der Waals surface area (Å²) in [6, 6.07) is 11.2. The molecular formula is C16H18. The van der Waals surface area contributed by atoms with E-state index >= 15 is 0 Å². The normalized spacial score (nSPS) is 39.8. The molecular weight excluding hydrogens is 192 g/mol. The third-order valence-corrected chi connectivity index (χ3v) is 5.11. The molecule has 0 radical (unpaired) electrons. The fraction of sp³-hybridized carbons (Fsp3) is 0.500. The van der Waals surface area contributed by atoms with Crippen molar-refractivity contribution < 1.29 is 0 Å². The average Bonchev–Trinajstić information content (AvgIpc) is 2.82. The maximum atomic E-state index is 2.42. The van der Waals surface area contributed by atoms with Gasteiger partial charge in [-0.3, -0.25) is 0 Å². The van der Waals surface area contributed by atoms with Crippen LogP contribution in [0.4, 0.5) is 0 Å². The van der Waals surface area contributed by atoms with Crippen LogP contribution in [0.1, 0.15) is 37.7 Å². The van der Waals surface area contributed by atoms with Gasteiger partial charge in [0.25, 0.3) is 0 Å². The number of rotatable bonds is 1. The molecule has 1 saturated carbocycles. The molecule has 82 valence electrons. The highest BCUT2D eigenvalue weighted by molar-refractivity contribution is 5.43. The lowest BCUT2D eigenvalue weighted by molar-refractivity contribution is 0.421. The zero-order chi connectivity index (χ0) is 10.7. The first-order valence-electron chi connectivity index (χ1n) is 6.62. The van der Waals surface area contributed by atoms with E-state index in [0.717, 1.165) is 23.7 Å². The summed E-state index contributed by atoms with van der Waals surface area (Å²) >= 11 is 0. The molecule has 4 unspecified atom stereocenters. The van der Waals surface area contributed by atoms with E-state index in [1.807, 2.05) is 11.1 Å². The molecule has 0 amide bonds. The van der Waals surface area contributed by atoms with Crippen LogP contribution in [0.25, 0.3) is 0 Å². The van der Waals surface area contributed by atoms with Gasteiger partial charge in [-0.05, 0) is 48.5 Å². The SMILES string of the molecule is CC1CC2=C1C1CC2CC1c1ccccc1. The van der Waals surface area contributed by atoms with Crippen LogP contribution in [-0.2, 0) is 0 Å². The van der Waals surface area contributed by atoms with Gasteiger partial charge >= 0.3 is 0 Å². The van der Waals surface area contributed by atoms with Crippen LogP contribution >= 0.6 is 0 Å². The Hall–Kier alpha value is -1.04. The van der Waals surface area contributed by atoms with Gasteiger partial charge in [0.2, 0.25) is 0 Å². The van der Waals surface area contributed by atoms with Crippen molar-refractivity contribution >= 4 is 0 Å². The summed E-state index contributed by atoms with van der Waals surface area (Å²) in [5.74, 6) is 3.61. The first kappa shape index (κ1) is 9.04. The molecule has 0 aliphatic heterocycles. The van der Waals surface area contributed by atoms with Gasteiger partial charge in [-0.15, -0.1) is 0 Å². The molecule has 0 heterocycles. The first-order valence-corrected chi connectivity index (χ1v) is 6.62. The van der Waals surface area contributed by atoms with Crippen molar-refractivity contribution in [1.29, 1.82) is 0 Å². The fourth-order valence-corrected chi connectivity index (χ4v) is 4.48. The standard InChI is InChI=1S/C16H18/c1-10-7-14-12-8-13(15(9-12)16(10)14)11-5-3-2-4-6-11/h2-6,10,12-13,15H,7-9H2,1H3. The van der Waals surface area contributed by atoms with Gasteiger partial charge in [-0.25, -0.2) is 0 Å². The predicted molar refractivity (Wildman–Crippen MR) is 66.2 cm³/mol. The summed E-state index contributed by atoms with van der Waals surface area (Å²) in [5.41, 5.74) is 5.32. The third-order valence-electron chi connectivity index (χ3n) is 5.11. The summed E-state index contributed by atoms with van der Waals surface area (Å²) in [6.45, 7) is 2.42. The average molecular weight is 210 g/mol. The van der Waals surface area contributed by atoms with Gasteiger partial charge in [-0.2, -0.15) is 0 Å². The largest absolute Gasteiger partial charge is 0.0667 e. The number of hydrogen-bond acceptors (Lipinski definition) is 0. The van der Waals surface area contributed by atoms with Crippen molar-refractivity contribution in [3.8, 4) is 0 Å². The highest BCUT2D eigenvalue weighted by Crippen LogP contribution is 2.63. The van der Waals surface area contributed by atoms with Gasteiger partial charge in [0.1, 0.15) is 0 Å². The molecule has 0 N–H and O–H groups in total. The molecule has 3 aliphatic rings. The summed E-state index contributed by atoms with van der Waals surface area (Å²) in [5, 5.41) is 0. The third kappa shape index (κ3) is 1.00. The van der Waals surface area contributed by atoms with E-state index in [1.165, 1.54) is 19.3 Å². The van der Waals surface area contributed by atoms with Crippen molar-refractivity contribution in [2.24, 2.45) is 17.8 Å². The lowest BCUT2D eigenvalue weighted by Gasteiger charge is -2.38. The second-order valence-electron chi connectivity index (χ2n) is 5.88. The molecule has 0 aromatic heterocycles. The second-order valence-corrected chi connectivity index (χ2v) is 5.88. The van der Waals surface area contributed by atoms with Crippen LogP contribution in [0.15, 0.2) is 41.5 Å². The molecule has 4 atom stereocenters. The quantitative estimate of drug-likeness (QED) is 0.611. The Morgan fingerprint density at radius 2 is 1.75 bits per heavy atom. The maximum Gasteiger partial charge on any atom is -0.00902 e. The smallest absolute Gasteiger partial charge is 0.00902 e. The molecule has 3 aliphatic carbocycles. The van der Waals surface area contributed by atoms with Crippen molar-refractivity contribution in [2.75, 3.05) is 0 Å². The van der Waals surface area contributed by atoms with Crippen LogP contribution in [-0.4, -0.2) is 0 Å². The van der Waals surface area contributed by atoms with Crippen molar-refractivity contribution in [3.63, 3.8) is 0 Å². The molecule has 0 nitrogen and oxygen atoms in total. The zero-order valence-corrected chi connectivity index (χ0v) is 9.82. The van der Waals surface area contributed by atoms with E-state index < -0.39 is 0 Å². The lowest BCUT2D eigenvalue weighted by atomic mass is 9.67. The minimum absolute atomic E-state index is 0.840. The minimum Gasteiger partial charge on any atom is -0.0667 e. The lowest BCUT2D eigenvalue weighted by Crippen LogP contribution is -2.25. The van der Waals surface area contributed by atoms with E-state index in [1.54, 1.807) is 5.56 Å². The first-order chi connectivity index (χ1) is 7.84. The number of fused-ring (bicyclic) bond motifs is 4. The second kappa shape index (κ2) is 3.00. The topological polar surface area (TPSA) is 0 Å². The molecule has 0 heteroatoms. The van der Waals surface area contributed by atoms with E-state index in [9.17, 15) is 0 Å². The Morgan fingerprint density at radius 3 is 2.50 bits per heavy atom. The van der Waals surface area contributed by atoms with Crippen LogP contribution in [0.5, 0.6) is 0 Å². The van der Waals surface area contributed by atoms with Gasteiger partial charge in [0.05, 0.1) is 0 Å². The van der Waals surface area contributed by atoms with Crippen molar-refractivity contribution in [2.45, 2.75) is 32.1 Å².